The van der Waals surface area contributed by atoms with Gasteiger partial charge in [0.2, 0.25) is 0 Å². The van der Waals surface area contributed by atoms with E-state index < -0.39 is 16.8 Å². The van der Waals surface area contributed by atoms with E-state index in [0.29, 0.717) is 5.75 Å². The van der Waals surface area contributed by atoms with Crippen molar-refractivity contribution in [3.05, 3.63) is 57.4 Å². The Morgan fingerprint density at radius 3 is 2.35 bits per heavy atom. The van der Waals surface area contributed by atoms with Crippen LogP contribution in [0.1, 0.15) is 35.8 Å². The van der Waals surface area contributed by atoms with Gasteiger partial charge in [-0.3, -0.25) is 14.9 Å². The van der Waals surface area contributed by atoms with Gasteiger partial charge in [0, 0.05) is 23.3 Å². The van der Waals surface area contributed by atoms with Crippen molar-refractivity contribution in [2.75, 3.05) is 19.5 Å². The Bertz CT molecular complexity index is 854. The molecular formula is C18H19FN2O5. The molecule has 1 atom stereocenters. The van der Waals surface area contributed by atoms with E-state index in [9.17, 15) is 19.3 Å². The van der Waals surface area contributed by atoms with Crippen LogP contribution in [0, 0.1) is 15.9 Å². The highest BCUT2D eigenvalue weighted by molar-refractivity contribution is 5.95. The molecule has 0 aromatic heterocycles. The number of nitrogens with one attached hydrogen (secondary N) is 1. The standard InChI is InChI=1S/C18H19FN2O5/c1-10(13-8-17(25-3)18(26-4)9-14(13)19)20-15-6-5-12(11(2)22)7-16(15)21(23)24/h5-10,20H,1-4H3. The van der Waals surface area contributed by atoms with Gasteiger partial charge in [0.1, 0.15) is 11.5 Å². The van der Waals surface area contributed by atoms with E-state index in [1.807, 2.05) is 0 Å². The third-order valence-electron chi connectivity index (χ3n) is 3.94. The van der Waals surface area contributed by atoms with Crippen LogP contribution >= 0.6 is 0 Å². The second kappa shape index (κ2) is 7.81. The Hall–Kier alpha value is -3.16. The first-order valence-corrected chi connectivity index (χ1v) is 7.75. The normalized spacial score (nSPS) is 11.6. The number of hydrogen-bond donors (Lipinski definition) is 1. The van der Waals surface area contributed by atoms with Crippen molar-refractivity contribution in [3.8, 4) is 11.5 Å². The molecule has 1 unspecified atom stereocenters. The Labute approximate surface area is 149 Å². The summed E-state index contributed by atoms with van der Waals surface area (Å²) in [5.41, 5.74) is 0.409. The van der Waals surface area contributed by atoms with Crippen molar-refractivity contribution in [2.45, 2.75) is 19.9 Å². The molecule has 1 N–H and O–H groups in total. The van der Waals surface area contributed by atoms with Gasteiger partial charge < -0.3 is 14.8 Å². The van der Waals surface area contributed by atoms with E-state index in [0.717, 1.165) is 0 Å². The van der Waals surface area contributed by atoms with Gasteiger partial charge in [-0.25, -0.2) is 4.39 Å². The van der Waals surface area contributed by atoms with E-state index in [2.05, 4.69) is 5.32 Å². The number of nitro benzene ring substituents is 1. The maximum atomic E-state index is 14.4. The first-order chi connectivity index (χ1) is 12.3. The van der Waals surface area contributed by atoms with E-state index >= 15 is 0 Å². The number of carbonyl (C=O) groups excluding carboxylic acids is 1. The monoisotopic (exact) mass is 362 g/mol. The summed E-state index contributed by atoms with van der Waals surface area (Å²) in [6, 6.07) is 6.18. The molecule has 0 saturated heterocycles. The zero-order chi connectivity index (χ0) is 19.4. The van der Waals surface area contributed by atoms with Crippen LogP contribution in [0.25, 0.3) is 0 Å². The van der Waals surface area contributed by atoms with Gasteiger partial charge in [-0.05, 0) is 32.0 Å². The summed E-state index contributed by atoms with van der Waals surface area (Å²) in [4.78, 5) is 22.2. The molecule has 0 amide bonds. The molecule has 0 spiro atoms. The molecule has 2 aromatic carbocycles. The SMILES string of the molecule is COc1cc(F)c(C(C)Nc2ccc(C(C)=O)cc2[N+](=O)[O-])cc1OC. The lowest BCUT2D eigenvalue weighted by Crippen LogP contribution is -2.11. The topological polar surface area (TPSA) is 90.7 Å². The summed E-state index contributed by atoms with van der Waals surface area (Å²) >= 11 is 0. The van der Waals surface area contributed by atoms with Crippen molar-refractivity contribution in [1.29, 1.82) is 0 Å². The van der Waals surface area contributed by atoms with Crippen molar-refractivity contribution in [3.63, 3.8) is 0 Å². The summed E-state index contributed by atoms with van der Waals surface area (Å²) in [6.45, 7) is 2.99. The highest BCUT2D eigenvalue weighted by atomic mass is 19.1. The number of Topliss-reactive ketones (excluding diaryl/α,β-unsaturated/α-hetero) is 1. The van der Waals surface area contributed by atoms with Crippen molar-refractivity contribution < 1.29 is 23.6 Å². The molecule has 0 saturated carbocycles. The van der Waals surface area contributed by atoms with Crippen LogP contribution in [0.5, 0.6) is 11.5 Å². The molecule has 0 fully saturated rings. The van der Waals surface area contributed by atoms with Gasteiger partial charge >= 0.3 is 0 Å². The number of methoxy groups -OCH3 is 2. The lowest BCUT2D eigenvalue weighted by atomic mass is 10.0. The Kier molecular flexibility index (Phi) is 5.76. The minimum atomic E-state index is -0.600. The van der Waals surface area contributed by atoms with Crippen LogP contribution in [-0.4, -0.2) is 24.9 Å². The van der Waals surface area contributed by atoms with Crippen LogP contribution < -0.4 is 14.8 Å². The molecule has 0 aliphatic carbocycles. The van der Waals surface area contributed by atoms with Crippen LogP contribution in [0.2, 0.25) is 0 Å². The molecule has 8 heteroatoms. The average molecular weight is 362 g/mol. The largest absolute Gasteiger partial charge is 0.493 e. The maximum absolute atomic E-state index is 14.4. The summed E-state index contributed by atoms with van der Waals surface area (Å²) in [7, 11) is 2.83. The fourth-order valence-electron chi connectivity index (χ4n) is 2.54. The molecule has 0 aliphatic heterocycles. The number of anilines is 1. The number of benzene rings is 2. The first-order valence-electron chi connectivity index (χ1n) is 7.75. The quantitative estimate of drug-likeness (QED) is 0.452. The van der Waals surface area contributed by atoms with Gasteiger partial charge in [0.05, 0.1) is 25.2 Å². The molecule has 138 valence electrons. The number of ether oxygens (including phenoxy) is 2. The van der Waals surface area contributed by atoms with E-state index in [-0.39, 0.29) is 34.0 Å². The smallest absolute Gasteiger partial charge is 0.293 e. The van der Waals surface area contributed by atoms with Crippen LogP contribution in [-0.2, 0) is 0 Å². The highest BCUT2D eigenvalue weighted by Crippen LogP contribution is 2.35. The Balaban J connectivity index is 2.40. The second-order valence-electron chi connectivity index (χ2n) is 5.64. The van der Waals surface area contributed by atoms with Gasteiger partial charge in [-0.2, -0.15) is 0 Å². The third kappa shape index (κ3) is 3.90. The number of hydrogen-bond acceptors (Lipinski definition) is 6. The molecule has 7 nitrogen and oxygen atoms in total. The number of ketones is 1. The molecular weight excluding hydrogens is 343 g/mol. The van der Waals surface area contributed by atoms with E-state index in [1.54, 1.807) is 6.92 Å². The average Bonchev–Trinajstić information content (AvgIpc) is 2.61. The third-order valence-corrected chi connectivity index (χ3v) is 3.94. The second-order valence-corrected chi connectivity index (χ2v) is 5.64. The van der Waals surface area contributed by atoms with Gasteiger partial charge in [-0.1, -0.05) is 0 Å². The number of carbonyl (C=O) groups is 1. The maximum Gasteiger partial charge on any atom is 0.293 e. The van der Waals surface area contributed by atoms with Crippen molar-refractivity contribution in [1.82, 2.24) is 0 Å². The van der Waals surface area contributed by atoms with Gasteiger partial charge in [-0.15, -0.1) is 0 Å². The van der Waals surface area contributed by atoms with Crippen molar-refractivity contribution >= 4 is 17.2 Å². The number of nitro groups is 1. The zero-order valence-corrected chi connectivity index (χ0v) is 14.8. The molecule has 0 heterocycles. The Morgan fingerprint density at radius 2 is 1.81 bits per heavy atom. The fourth-order valence-corrected chi connectivity index (χ4v) is 2.54. The molecule has 0 aliphatic rings. The minimum absolute atomic E-state index is 0.182. The van der Waals surface area contributed by atoms with Gasteiger partial charge in [0.25, 0.3) is 5.69 Å². The summed E-state index contributed by atoms with van der Waals surface area (Å²) in [5.74, 6) is -0.221. The predicted octanol–water partition coefficient (Wildman–Crippen LogP) is 4.13. The summed E-state index contributed by atoms with van der Waals surface area (Å²) in [5, 5.41) is 14.2. The number of nitrogens with zero attached hydrogens (tertiary/aromatic N) is 1. The molecule has 0 radical (unpaired) electrons. The summed E-state index contributed by atoms with van der Waals surface area (Å²) < 4.78 is 24.6. The van der Waals surface area contributed by atoms with Crippen LogP contribution in [0.3, 0.4) is 0 Å². The van der Waals surface area contributed by atoms with Gasteiger partial charge in [0.15, 0.2) is 17.3 Å². The van der Waals surface area contributed by atoms with Crippen molar-refractivity contribution in [2.24, 2.45) is 0 Å². The van der Waals surface area contributed by atoms with Crippen LogP contribution in [0.4, 0.5) is 15.8 Å². The van der Waals surface area contributed by atoms with E-state index in [1.165, 1.54) is 51.5 Å². The summed E-state index contributed by atoms with van der Waals surface area (Å²) in [6.07, 6.45) is 0. The lowest BCUT2D eigenvalue weighted by molar-refractivity contribution is -0.384. The lowest BCUT2D eigenvalue weighted by Gasteiger charge is -2.18. The minimum Gasteiger partial charge on any atom is -0.493 e. The molecule has 2 aromatic rings. The fraction of sp³-hybridized carbons (Fsp3) is 0.278. The Morgan fingerprint density at radius 1 is 1.19 bits per heavy atom. The number of rotatable bonds is 7. The predicted molar refractivity (Wildman–Crippen MR) is 94.6 cm³/mol. The number of halogens is 1. The van der Waals surface area contributed by atoms with E-state index in [4.69, 9.17) is 9.47 Å². The first kappa shape index (κ1) is 19.2. The highest BCUT2D eigenvalue weighted by Gasteiger charge is 2.21. The molecule has 2 rings (SSSR count). The molecule has 26 heavy (non-hydrogen) atoms. The van der Waals surface area contributed by atoms with Crippen LogP contribution in [0.15, 0.2) is 30.3 Å². The molecule has 0 bridgehead atoms. The zero-order valence-electron chi connectivity index (χ0n) is 14.8.